The molecule has 2 rings (SSSR count). The van der Waals surface area contributed by atoms with Gasteiger partial charge in [0.2, 0.25) is 12.0 Å². The maximum absolute atomic E-state index is 13.0. The summed E-state index contributed by atoms with van der Waals surface area (Å²) in [6.45, 7) is 0. The molecule has 0 saturated carbocycles. The van der Waals surface area contributed by atoms with Gasteiger partial charge in [0.1, 0.15) is 5.69 Å². The Hall–Kier alpha value is -2.97. The molecule has 0 aliphatic rings. The lowest BCUT2D eigenvalue weighted by Gasteiger charge is -2.06. The first kappa shape index (κ1) is 12.5. The Morgan fingerprint density at radius 2 is 2.21 bits per heavy atom. The minimum Gasteiger partial charge on any atom is -0.619 e. The monoisotopic (exact) mass is 266 g/mol. The van der Waals surface area contributed by atoms with Gasteiger partial charge in [0.15, 0.2) is 6.20 Å². The van der Waals surface area contributed by atoms with Gasteiger partial charge >= 0.3 is 11.7 Å². The van der Waals surface area contributed by atoms with E-state index in [1.54, 1.807) is 4.98 Å². The first-order chi connectivity index (χ1) is 8.97. The second kappa shape index (κ2) is 4.72. The van der Waals surface area contributed by atoms with Crippen LogP contribution in [0.1, 0.15) is 0 Å². The van der Waals surface area contributed by atoms with Crippen LogP contribution in [0.5, 0.6) is 0 Å². The van der Waals surface area contributed by atoms with Crippen molar-refractivity contribution in [1.82, 2.24) is 9.55 Å². The minimum absolute atomic E-state index is 0.112. The summed E-state index contributed by atoms with van der Waals surface area (Å²) >= 11 is 0. The van der Waals surface area contributed by atoms with Crippen LogP contribution in [0.4, 0.5) is 14.9 Å². The third-order valence-electron chi connectivity index (χ3n) is 2.14. The molecule has 8 nitrogen and oxygen atoms in total. The van der Waals surface area contributed by atoms with Crippen molar-refractivity contribution in [2.45, 2.75) is 0 Å². The van der Waals surface area contributed by atoms with Crippen molar-refractivity contribution in [1.29, 1.82) is 0 Å². The van der Waals surface area contributed by atoms with Crippen LogP contribution in [0.3, 0.4) is 0 Å². The Morgan fingerprint density at radius 1 is 1.47 bits per heavy atom. The average molecular weight is 266 g/mol. The van der Waals surface area contributed by atoms with E-state index in [9.17, 15) is 24.0 Å². The van der Waals surface area contributed by atoms with Gasteiger partial charge < -0.3 is 10.5 Å². The number of H-pyrrole nitrogens is 1. The summed E-state index contributed by atoms with van der Waals surface area (Å²) in [4.78, 5) is 35.4. The van der Waals surface area contributed by atoms with Crippen molar-refractivity contribution in [3.05, 3.63) is 62.6 Å². The Labute approximate surface area is 104 Å². The van der Waals surface area contributed by atoms with Crippen LogP contribution in [-0.2, 0) is 0 Å². The molecule has 0 radical (unpaired) electrons. The molecular weight excluding hydrogens is 259 g/mol. The number of pyridine rings is 1. The molecular formula is C10H7FN4O4. The van der Waals surface area contributed by atoms with Gasteiger partial charge in [-0.05, 0) is 6.07 Å². The number of rotatable bonds is 1. The summed E-state index contributed by atoms with van der Waals surface area (Å²) in [6.07, 6.45) is 2.71. The van der Waals surface area contributed by atoms with Gasteiger partial charge in [-0.25, -0.2) is 14.2 Å². The molecule has 0 bridgehead atoms. The summed E-state index contributed by atoms with van der Waals surface area (Å²) in [5.74, 6) is -1.28. The molecule has 0 aliphatic carbocycles. The molecule has 19 heavy (non-hydrogen) atoms. The summed E-state index contributed by atoms with van der Waals surface area (Å²) < 4.78 is 13.8. The quantitative estimate of drug-likeness (QED) is 0.529. The van der Waals surface area contributed by atoms with E-state index in [0.717, 1.165) is 6.20 Å². The van der Waals surface area contributed by atoms with E-state index >= 15 is 0 Å². The molecule has 2 N–H and O–H groups in total. The SMILES string of the molecule is O=C(Nc1ccc[n+]([O-])c1)n1cc(F)c(=O)[nH]c1=O. The van der Waals surface area contributed by atoms with E-state index in [4.69, 9.17) is 0 Å². The predicted molar refractivity (Wildman–Crippen MR) is 61.1 cm³/mol. The number of aromatic amines is 1. The summed E-state index contributed by atoms with van der Waals surface area (Å²) in [6, 6.07) is 1.77. The lowest BCUT2D eigenvalue weighted by atomic mass is 10.4. The van der Waals surface area contributed by atoms with Crippen molar-refractivity contribution in [3.63, 3.8) is 0 Å². The van der Waals surface area contributed by atoms with Crippen LogP contribution in [0.15, 0.2) is 40.3 Å². The molecule has 0 unspecified atom stereocenters. The van der Waals surface area contributed by atoms with E-state index < -0.39 is 23.1 Å². The molecule has 0 aromatic carbocycles. The number of hydrogen-bond donors (Lipinski definition) is 2. The van der Waals surface area contributed by atoms with Gasteiger partial charge in [0, 0.05) is 6.07 Å². The molecule has 0 atom stereocenters. The van der Waals surface area contributed by atoms with Crippen LogP contribution < -0.4 is 21.3 Å². The molecule has 9 heteroatoms. The lowest BCUT2D eigenvalue weighted by Crippen LogP contribution is -2.37. The zero-order chi connectivity index (χ0) is 14.0. The normalized spacial score (nSPS) is 10.2. The van der Waals surface area contributed by atoms with Crippen LogP contribution in [0.25, 0.3) is 0 Å². The van der Waals surface area contributed by atoms with Crippen LogP contribution in [-0.4, -0.2) is 15.6 Å². The second-order valence-electron chi connectivity index (χ2n) is 3.49. The standard InChI is InChI=1S/C10H7FN4O4/c11-7-5-15(10(18)13-8(7)16)9(17)12-6-2-1-3-14(19)4-6/h1-5H,(H,12,17)(H,13,16,18). The highest BCUT2D eigenvalue weighted by atomic mass is 19.1. The van der Waals surface area contributed by atoms with E-state index in [1.165, 1.54) is 18.3 Å². The van der Waals surface area contributed by atoms with E-state index in [1.807, 2.05) is 0 Å². The number of carbonyl (C=O) groups is 1. The van der Waals surface area contributed by atoms with E-state index in [-0.39, 0.29) is 5.69 Å². The highest BCUT2D eigenvalue weighted by molar-refractivity contribution is 5.90. The van der Waals surface area contributed by atoms with Crippen molar-refractivity contribution in [2.24, 2.45) is 0 Å². The van der Waals surface area contributed by atoms with E-state index in [0.29, 0.717) is 15.5 Å². The second-order valence-corrected chi connectivity index (χ2v) is 3.49. The molecule has 98 valence electrons. The first-order valence-electron chi connectivity index (χ1n) is 4.99. The maximum Gasteiger partial charge on any atom is 0.336 e. The molecule has 0 fully saturated rings. The number of nitrogens with one attached hydrogen (secondary N) is 2. The number of halogens is 1. The smallest absolute Gasteiger partial charge is 0.336 e. The molecule has 0 aliphatic heterocycles. The van der Waals surface area contributed by atoms with Crippen molar-refractivity contribution in [3.8, 4) is 0 Å². The zero-order valence-corrected chi connectivity index (χ0v) is 9.29. The number of carbonyl (C=O) groups excluding carboxylic acids is 1. The Kier molecular flexibility index (Phi) is 3.10. The van der Waals surface area contributed by atoms with Crippen LogP contribution in [0.2, 0.25) is 0 Å². The Balaban J connectivity index is 2.33. The maximum atomic E-state index is 13.0. The van der Waals surface area contributed by atoms with Gasteiger partial charge in [0.25, 0.3) is 5.56 Å². The highest BCUT2D eigenvalue weighted by Crippen LogP contribution is 2.01. The zero-order valence-electron chi connectivity index (χ0n) is 9.29. The molecule has 0 spiro atoms. The lowest BCUT2D eigenvalue weighted by molar-refractivity contribution is -0.604. The number of hydrogen-bond acceptors (Lipinski definition) is 4. The van der Waals surface area contributed by atoms with Gasteiger partial charge in [0.05, 0.1) is 6.20 Å². The van der Waals surface area contributed by atoms with Gasteiger partial charge in [-0.1, -0.05) is 0 Å². The van der Waals surface area contributed by atoms with Crippen molar-refractivity contribution in [2.75, 3.05) is 5.32 Å². The number of amides is 1. The number of anilines is 1. The molecule has 2 aromatic rings. The van der Waals surface area contributed by atoms with Gasteiger partial charge in [-0.15, -0.1) is 0 Å². The summed E-state index contributed by atoms with van der Waals surface area (Å²) in [5, 5.41) is 13.2. The van der Waals surface area contributed by atoms with Gasteiger partial charge in [-0.2, -0.15) is 9.12 Å². The van der Waals surface area contributed by atoms with Crippen molar-refractivity contribution >= 4 is 11.7 Å². The van der Waals surface area contributed by atoms with Crippen LogP contribution in [0, 0.1) is 11.0 Å². The fraction of sp³-hybridized carbons (Fsp3) is 0. The topological polar surface area (TPSA) is 111 Å². The minimum atomic E-state index is -1.28. The first-order valence-corrected chi connectivity index (χ1v) is 4.99. The molecule has 2 heterocycles. The van der Waals surface area contributed by atoms with Gasteiger partial charge in [-0.3, -0.25) is 9.78 Å². The number of aromatic nitrogens is 3. The van der Waals surface area contributed by atoms with Crippen molar-refractivity contribution < 1.29 is 13.9 Å². The molecule has 1 amide bonds. The largest absolute Gasteiger partial charge is 0.619 e. The fourth-order valence-electron chi connectivity index (χ4n) is 1.31. The summed E-state index contributed by atoms with van der Waals surface area (Å²) in [5.41, 5.74) is -2.19. The highest BCUT2D eigenvalue weighted by Gasteiger charge is 2.11. The fourth-order valence-corrected chi connectivity index (χ4v) is 1.31. The molecule has 0 saturated heterocycles. The van der Waals surface area contributed by atoms with E-state index in [2.05, 4.69) is 5.32 Å². The Morgan fingerprint density at radius 3 is 2.89 bits per heavy atom. The third kappa shape index (κ3) is 2.65. The Bertz CT molecular complexity index is 752. The predicted octanol–water partition coefficient (Wildman–Crippen LogP) is -0.611. The number of nitrogens with zero attached hydrogens (tertiary/aromatic N) is 2. The summed E-state index contributed by atoms with van der Waals surface area (Å²) in [7, 11) is 0. The third-order valence-corrected chi connectivity index (χ3v) is 2.14. The average Bonchev–Trinajstić information content (AvgIpc) is 2.33. The van der Waals surface area contributed by atoms with Crippen LogP contribution >= 0.6 is 0 Å². The molecule has 2 aromatic heterocycles.